The number of hydrogen-bond donors (Lipinski definition) is 1. The lowest BCUT2D eigenvalue weighted by atomic mass is 9.64. The second-order valence-electron chi connectivity index (χ2n) is 7.67. The lowest BCUT2D eigenvalue weighted by Crippen LogP contribution is -2.48. The third kappa shape index (κ3) is 5.35. The first kappa shape index (κ1) is 22.4. The molecule has 1 atom stereocenters. The van der Waals surface area contributed by atoms with Crippen LogP contribution in [0.25, 0.3) is 6.08 Å². The van der Waals surface area contributed by atoms with Gasteiger partial charge in [-0.1, -0.05) is 32.1 Å². The predicted octanol–water partition coefficient (Wildman–Crippen LogP) is 4.31. The summed E-state index contributed by atoms with van der Waals surface area (Å²) >= 11 is 0. The van der Waals surface area contributed by atoms with E-state index in [1.54, 1.807) is 26.8 Å². The molecule has 4 nitrogen and oxygen atoms in total. The lowest BCUT2D eigenvalue weighted by Gasteiger charge is -2.44. The minimum Gasteiger partial charge on any atom is -0.466 e. The van der Waals surface area contributed by atoms with Crippen molar-refractivity contribution in [2.45, 2.75) is 32.8 Å². The van der Waals surface area contributed by atoms with Gasteiger partial charge in [0, 0.05) is 24.0 Å². The SMILES string of the molecule is COC(=O)/C=C(C)\C=C\[C@@]1(O)C(/C=C/c2cc(F)cc(F)c2)=CC(=O)CC1(C)C. The number of ketones is 1. The molecule has 0 unspecified atom stereocenters. The van der Waals surface area contributed by atoms with E-state index in [-0.39, 0.29) is 23.3 Å². The Morgan fingerprint density at radius 3 is 2.38 bits per heavy atom. The van der Waals surface area contributed by atoms with Gasteiger partial charge in [-0.2, -0.15) is 0 Å². The van der Waals surface area contributed by atoms with Gasteiger partial charge < -0.3 is 9.84 Å². The van der Waals surface area contributed by atoms with E-state index in [0.717, 1.165) is 18.2 Å². The Morgan fingerprint density at radius 2 is 1.79 bits per heavy atom. The Kier molecular flexibility index (Phi) is 6.69. The fraction of sp³-hybridized carbons (Fsp3) is 0.304. The van der Waals surface area contributed by atoms with Crippen LogP contribution in [0.15, 0.2) is 59.7 Å². The molecular formula is C23H24F2O4. The number of allylic oxidation sites excluding steroid dienone is 3. The molecular weight excluding hydrogens is 378 g/mol. The van der Waals surface area contributed by atoms with Gasteiger partial charge in [-0.25, -0.2) is 13.6 Å². The zero-order valence-corrected chi connectivity index (χ0v) is 16.8. The van der Waals surface area contributed by atoms with Crippen molar-refractivity contribution in [3.63, 3.8) is 0 Å². The number of benzene rings is 1. The summed E-state index contributed by atoms with van der Waals surface area (Å²) in [6, 6.07) is 3.06. The van der Waals surface area contributed by atoms with Crippen LogP contribution in [0.3, 0.4) is 0 Å². The Balaban J connectivity index is 2.46. The molecule has 0 amide bonds. The Hall–Kier alpha value is -2.86. The Bertz CT molecular complexity index is 918. The number of rotatable bonds is 5. The summed E-state index contributed by atoms with van der Waals surface area (Å²) in [7, 11) is 1.26. The number of esters is 1. The molecule has 1 aliphatic carbocycles. The second kappa shape index (κ2) is 8.66. The molecule has 0 spiro atoms. The van der Waals surface area contributed by atoms with Crippen molar-refractivity contribution in [3.8, 4) is 0 Å². The predicted molar refractivity (Wildman–Crippen MR) is 107 cm³/mol. The number of aliphatic hydroxyl groups is 1. The minimum absolute atomic E-state index is 0.111. The van der Waals surface area contributed by atoms with Crippen LogP contribution in [-0.2, 0) is 14.3 Å². The smallest absolute Gasteiger partial charge is 0.330 e. The summed E-state index contributed by atoms with van der Waals surface area (Å²) in [5.74, 6) is -2.14. The quantitative estimate of drug-likeness (QED) is 0.453. The van der Waals surface area contributed by atoms with Crippen molar-refractivity contribution >= 4 is 17.8 Å². The van der Waals surface area contributed by atoms with Crippen molar-refractivity contribution in [2.24, 2.45) is 5.41 Å². The van der Waals surface area contributed by atoms with Gasteiger partial charge in [0.05, 0.1) is 7.11 Å². The van der Waals surface area contributed by atoms with Crippen molar-refractivity contribution in [3.05, 3.63) is 76.9 Å². The van der Waals surface area contributed by atoms with Gasteiger partial charge in [-0.05, 0) is 47.9 Å². The number of ether oxygens (including phenoxy) is 1. The summed E-state index contributed by atoms with van der Waals surface area (Å²) in [6.07, 6.45) is 8.68. The zero-order chi connectivity index (χ0) is 21.8. The van der Waals surface area contributed by atoms with E-state index in [1.165, 1.54) is 37.5 Å². The first-order valence-corrected chi connectivity index (χ1v) is 9.04. The molecule has 0 fully saturated rings. The molecule has 1 aromatic rings. The molecule has 0 saturated heterocycles. The molecule has 1 aliphatic rings. The van der Waals surface area contributed by atoms with E-state index in [0.29, 0.717) is 5.57 Å². The van der Waals surface area contributed by atoms with Crippen LogP contribution in [0.1, 0.15) is 32.8 Å². The summed E-state index contributed by atoms with van der Waals surface area (Å²) in [5.41, 5.74) is -1.31. The number of hydrogen-bond acceptors (Lipinski definition) is 4. The highest BCUT2D eigenvalue weighted by atomic mass is 19.1. The van der Waals surface area contributed by atoms with E-state index in [1.807, 2.05) is 0 Å². The van der Waals surface area contributed by atoms with Crippen LogP contribution in [-0.4, -0.2) is 29.6 Å². The van der Waals surface area contributed by atoms with Gasteiger partial charge >= 0.3 is 5.97 Å². The average Bonchev–Trinajstić information content (AvgIpc) is 2.60. The van der Waals surface area contributed by atoms with Crippen molar-refractivity contribution < 1.29 is 28.2 Å². The highest BCUT2D eigenvalue weighted by Crippen LogP contribution is 2.45. The standard InChI is InChI=1S/C23H24F2O4/c1-15(9-21(27)29-4)7-8-23(28)17(12-20(26)14-22(23,2)3)6-5-16-10-18(24)13-19(25)11-16/h5-13,28H,14H2,1-4H3/b6-5+,8-7+,15-9-/t23-/m1/s1. The minimum atomic E-state index is -1.55. The van der Waals surface area contributed by atoms with Crippen LogP contribution in [0.2, 0.25) is 0 Å². The summed E-state index contributed by atoms with van der Waals surface area (Å²) in [5, 5.41) is 11.5. The van der Waals surface area contributed by atoms with E-state index in [4.69, 9.17) is 0 Å². The van der Waals surface area contributed by atoms with E-state index in [2.05, 4.69) is 4.74 Å². The highest BCUT2D eigenvalue weighted by Gasteiger charge is 2.47. The molecule has 29 heavy (non-hydrogen) atoms. The van der Waals surface area contributed by atoms with Crippen LogP contribution in [0, 0.1) is 17.0 Å². The van der Waals surface area contributed by atoms with Crippen LogP contribution >= 0.6 is 0 Å². The maximum absolute atomic E-state index is 13.4. The molecule has 6 heteroatoms. The van der Waals surface area contributed by atoms with Gasteiger partial charge in [-0.15, -0.1) is 0 Å². The summed E-state index contributed by atoms with van der Waals surface area (Å²) in [6.45, 7) is 5.17. The molecule has 0 radical (unpaired) electrons. The molecule has 2 rings (SSSR count). The van der Waals surface area contributed by atoms with E-state index >= 15 is 0 Å². The first-order chi connectivity index (χ1) is 13.5. The molecule has 0 aromatic heterocycles. The monoisotopic (exact) mass is 402 g/mol. The molecule has 1 aromatic carbocycles. The first-order valence-electron chi connectivity index (χ1n) is 9.04. The molecule has 154 valence electrons. The Morgan fingerprint density at radius 1 is 1.17 bits per heavy atom. The maximum atomic E-state index is 13.4. The Labute approximate surface area is 168 Å². The largest absolute Gasteiger partial charge is 0.466 e. The van der Waals surface area contributed by atoms with E-state index in [9.17, 15) is 23.5 Å². The van der Waals surface area contributed by atoms with Gasteiger partial charge in [0.15, 0.2) is 5.78 Å². The summed E-state index contributed by atoms with van der Waals surface area (Å²) < 4.78 is 31.4. The van der Waals surface area contributed by atoms with Crippen molar-refractivity contribution in [1.29, 1.82) is 0 Å². The lowest BCUT2D eigenvalue weighted by molar-refractivity contribution is -0.134. The van der Waals surface area contributed by atoms with Crippen molar-refractivity contribution in [1.82, 2.24) is 0 Å². The summed E-state index contributed by atoms with van der Waals surface area (Å²) in [4.78, 5) is 23.6. The molecule has 0 heterocycles. The molecule has 0 bridgehead atoms. The van der Waals surface area contributed by atoms with Crippen LogP contribution < -0.4 is 0 Å². The molecule has 1 N–H and O–H groups in total. The van der Waals surface area contributed by atoms with Crippen LogP contribution in [0.4, 0.5) is 8.78 Å². The van der Waals surface area contributed by atoms with Crippen molar-refractivity contribution in [2.75, 3.05) is 7.11 Å². The third-order valence-electron chi connectivity index (χ3n) is 4.88. The number of carbonyl (C=O) groups excluding carboxylic acids is 2. The third-order valence-corrected chi connectivity index (χ3v) is 4.88. The van der Waals surface area contributed by atoms with Gasteiger partial charge in [-0.3, -0.25) is 4.79 Å². The average molecular weight is 402 g/mol. The topological polar surface area (TPSA) is 63.6 Å². The fourth-order valence-electron chi connectivity index (χ4n) is 3.19. The van der Waals surface area contributed by atoms with Gasteiger partial charge in [0.2, 0.25) is 0 Å². The second-order valence-corrected chi connectivity index (χ2v) is 7.67. The maximum Gasteiger partial charge on any atom is 0.330 e. The fourth-order valence-corrected chi connectivity index (χ4v) is 3.19. The highest BCUT2D eigenvalue weighted by molar-refractivity contribution is 5.94. The molecule has 0 saturated carbocycles. The van der Waals surface area contributed by atoms with Crippen LogP contribution in [0.5, 0.6) is 0 Å². The number of carbonyl (C=O) groups is 2. The normalized spacial score (nSPS) is 22.2. The molecule has 0 aliphatic heterocycles. The van der Waals surface area contributed by atoms with Gasteiger partial charge in [0.1, 0.15) is 17.2 Å². The van der Waals surface area contributed by atoms with E-state index < -0.39 is 28.6 Å². The number of halogens is 2. The van der Waals surface area contributed by atoms with Gasteiger partial charge in [0.25, 0.3) is 0 Å². The zero-order valence-electron chi connectivity index (χ0n) is 16.8. The number of methoxy groups -OCH3 is 1.